The van der Waals surface area contributed by atoms with E-state index in [4.69, 9.17) is 0 Å². The molecule has 1 aliphatic rings. The maximum Gasteiger partial charge on any atom is 0.230 e. The van der Waals surface area contributed by atoms with E-state index < -0.39 is 0 Å². The van der Waals surface area contributed by atoms with Crippen molar-refractivity contribution in [3.8, 4) is 0 Å². The van der Waals surface area contributed by atoms with E-state index in [-0.39, 0.29) is 41.1 Å². The molecule has 0 bridgehead atoms. The fourth-order valence-corrected chi connectivity index (χ4v) is 3.48. The first-order valence-corrected chi connectivity index (χ1v) is 8.88. The summed E-state index contributed by atoms with van der Waals surface area (Å²) in [5, 5.41) is 6.49. The number of carbonyl (C=O) groups excluding carboxylic acids is 1. The number of aliphatic imine (C=N–C) groups is 1. The molecule has 0 atom stereocenters. The van der Waals surface area contributed by atoms with E-state index in [0.29, 0.717) is 31.0 Å². The van der Waals surface area contributed by atoms with Gasteiger partial charge in [0.1, 0.15) is 5.82 Å². The summed E-state index contributed by atoms with van der Waals surface area (Å²) in [4.78, 5) is 18.5. The topological polar surface area (TPSA) is 56.7 Å². The highest BCUT2D eigenvalue weighted by Gasteiger charge is 2.42. The van der Waals surface area contributed by atoms with Crippen LogP contribution < -0.4 is 10.6 Å². The van der Waals surface area contributed by atoms with Gasteiger partial charge in [-0.2, -0.15) is 0 Å². The third kappa shape index (κ3) is 5.82. The van der Waals surface area contributed by atoms with Crippen LogP contribution in [-0.4, -0.2) is 51.0 Å². The number of nitrogens with one attached hydrogen (secondary N) is 2. The van der Waals surface area contributed by atoms with E-state index in [0.717, 1.165) is 25.7 Å². The summed E-state index contributed by atoms with van der Waals surface area (Å²) in [7, 11) is 5.32. The molecule has 5 nitrogen and oxygen atoms in total. The third-order valence-electron chi connectivity index (χ3n) is 4.88. The highest BCUT2D eigenvalue weighted by atomic mass is 127. The van der Waals surface area contributed by atoms with Crippen LogP contribution in [0.5, 0.6) is 0 Å². The number of hydrogen-bond donors (Lipinski definition) is 2. The van der Waals surface area contributed by atoms with Crippen LogP contribution in [0.4, 0.5) is 4.39 Å². The molecular weight excluding hydrogens is 446 g/mol. The molecule has 1 aromatic carbocycles. The normalized spacial score (nSPS) is 15.9. The van der Waals surface area contributed by atoms with Gasteiger partial charge in [-0.1, -0.05) is 31.0 Å². The van der Waals surface area contributed by atoms with Gasteiger partial charge in [-0.25, -0.2) is 4.39 Å². The third-order valence-corrected chi connectivity index (χ3v) is 4.88. The van der Waals surface area contributed by atoms with Crippen molar-refractivity contribution >= 4 is 35.8 Å². The van der Waals surface area contributed by atoms with Crippen molar-refractivity contribution in [1.29, 1.82) is 0 Å². The average molecular weight is 476 g/mol. The first-order chi connectivity index (χ1) is 12.0. The molecule has 0 aliphatic heterocycles. The van der Waals surface area contributed by atoms with Crippen molar-refractivity contribution in [2.24, 2.45) is 10.4 Å². The second-order valence-corrected chi connectivity index (χ2v) is 6.88. The van der Waals surface area contributed by atoms with Crippen LogP contribution >= 0.6 is 24.0 Å². The maximum atomic E-state index is 13.6. The van der Waals surface area contributed by atoms with Crippen LogP contribution in [0.3, 0.4) is 0 Å². The number of benzene rings is 1. The first kappa shape index (κ1) is 22.7. The lowest BCUT2D eigenvalue weighted by atomic mass is 9.84. The first-order valence-electron chi connectivity index (χ1n) is 8.88. The van der Waals surface area contributed by atoms with Gasteiger partial charge in [-0.05, 0) is 30.9 Å². The van der Waals surface area contributed by atoms with Crippen molar-refractivity contribution in [3.05, 3.63) is 35.6 Å². The predicted molar refractivity (Wildman–Crippen MR) is 114 cm³/mol. The lowest BCUT2D eigenvalue weighted by molar-refractivity contribution is -0.138. The van der Waals surface area contributed by atoms with Gasteiger partial charge in [0.15, 0.2) is 5.96 Å². The Morgan fingerprint density at radius 3 is 2.46 bits per heavy atom. The Labute approximate surface area is 172 Å². The Morgan fingerprint density at radius 1 is 1.23 bits per heavy atom. The zero-order valence-corrected chi connectivity index (χ0v) is 18.2. The highest BCUT2D eigenvalue weighted by Crippen LogP contribution is 2.38. The summed E-state index contributed by atoms with van der Waals surface area (Å²) in [5.41, 5.74) is 0.340. The molecule has 0 radical (unpaired) electrons. The molecule has 1 amide bonds. The molecule has 146 valence electrons. The van der Waals surface area contributed by atoms with E-state index in [1.807, 2.05) is 20.2 Å². The standard InChI is InChI=1S/C19H29FN4O.HI/c1-21-18(22-13-10-15-8-4-5-9-16(15)20)23-14-19(11-6-7-12-19)17(25)24(2)3;/h4-5,8-9H,6-7,10-14H2,1-3H3,(H2,21,22,23);1H. The van der Waals surface area contributed by atoms with Crippen molar-refractivity contribution in [3.63, 3.8) is 0 Å². The van der Waals surface area contributed by atoms with Crippen molar-refractivity contribution in [2.45, 2.75) is 32.1 Å². The van der Waals surface area contributed by atoms with Crippen molar-refractivity contribution in [1.82, 2.24) is 15.5 Å². The van der Waals surface area contributed by atoms with Crippen LogP contribution in [-0.2, 0) is 11.2 Å². The lowest BCUT2D eigenvalue weighted by Gasteiger charge is -2.31. The van der Waals surface area contributed by atoms with Gasteiger partial charge in [0.05, 0.1) is 5.41 Å². The van der Waals surface area contributed by atoms with Gasteiger partial charge >= 0.3 is 0 Å². The second kappa shape index (κ2) is 10.7. The Hall–Kier alpha value is -1.38. The van der Waals surface area contributed by atoms with Gasteiger partial charge in [-0.3, -0.25) is 9.79 Å². The highest BCUT2D eigenvalue weighted by molar-refractivity contribution is 14.0. The summed E-state index contributed by atoms with van der Waals surface area (Å²) >= 11 is 0. The molecule has 0 aromatic heterocycles. The summed E-state index contributed by atoms with van der Waals surface area (Å²) in [6.45, 7) is 1.15. The van der Waals surface area contributed by atoms with Gasteiger partial charge in [0.25, 0.3) is 0 Å². The predicted octanol–water partition coefficient (Wildman–Crippen LogP) is 2.80. The number of halogens is 2. The lowest BCUT2D eigenvalue weighted by Crippen LogP contribution is -2.49. The van der Waals surface area contributed by atoms with E-state index in [9.17, 15) is 9.18 Å². The van der Waals surface area contributed by atoms with Crippen LogP contribution in [0.2, 0.25) is 0 Å². The maximum absolute atomic E-state index is 13.6. The smallest absolute Gasteiger partial charge is 0.230 e. The molecule has 1 aliphatic carbocycles. The van der Waals surface area contributed by atoms with E-state index >= 15 is 0 Å². The fraction of sp³-hybridized carbons (Fsp3) is 0.579. The van der Waals surface area contributed by atoms with Gasteiger partial charge in [0, 0.05) is 34.2 Å². The number of guanidine groups is 1. The van der Waals surface area contributed by atoms with E-state index in [2.05, 4.69) is 15.6 Å². The molecule has 1 saturated carbocycles. The Balaban J connectivity index is 0.00000338. The Bertz CT molecular complexity index is 615. The van der Waals surface area contributed by atoms with Gasteiger partial charge in [-0.15, -0.1) is 24.0 Å². The van der Waals surface area contributed by atoms with Crippen LogP contribution in [0, 0.1) is 11.2 Å². The SMILES string of the molecule is CN=C(NCCc1ccccc1F)NCC1(C(=O)N(C)C)CCCC1.I. The molecule has 0 saturated heterocycles. The molecule has 2 N–H and O–H groups in total. The van der Waals surface area contributed by atoms with Gasteiger partial charge in [0.2, 0.25) is 5.91 Å². The van der Waals surface area contributed by atoms with Crippen molar-refractivity contribution in [2.75, 3.05) is 34.2 Å². The minimum absolute atomic E-state index is 0. The summed E-state index contributed by atoms with van der Waals surface area (Å²) < 4.78 is 13.6. The quantitative estimate of drug-likeness (QED) is 0.377. The van der Waals surface area contributed by atoms with E-state index in [1.54, 1.807) is 24.1 Å². The zero-order valence-electron chi connectivity index (χ0n) is 15.8. The Morgan fingerprint density at radius 2 is 1.88 bits per heavy atom. The minimum Gasteiger partial charge on any atom is -0.356 e. The van der Waals surface area contributed by atoms with Crippen LogP contribution in [0.15, 0.2) is 29.3 Å². The van der Waals surface area contributed by atoms with E-state index in [1.165, 1.54) is 6.07 Å². The summed E-state index contributed by atoms with van der Waals surface area (Å²) in [6, 6.07) is 6.79. The zero-order chi connectivity index (χ0) is 18.3. The second-order valence-electron chi connectivity index (χ2n) is 6.88. The summed E-state index contributed by atoms with van der Waals surface area (Å²) in [6.07, 6.45) is 4.56. The molecule has 7 heteroatoms. The molecule has 0 heterocycles. The Kier molecular flexibility index (Phi) is 9.32. The number of rotatable bonds is 6. The molecular formula is C19H30FIN4O. The largest absolute Gasteiger partial charge is 0.356 e. The van der Waals surface area contributed by atoms with Gasteiger partial charge < -0.3 is 15.5 Å². The molecule has 0 unspecified atom stereocenters. The monoisotopic (exact) mass is 476 g/mol. The van der Waals surface area contributed by atoms with Crippen LogP contribution in [0.1, 0.15) is 31.2 Å². The molecule has 1 aromatic rings. The molecule has 1 fully saturated rings. The number of nitrogens with zero attached hydrogens (tertiary/aromatic N) is 2. The number of amides is 1. The molecule has 26 heavy (non-hydrogen) atoms. The number of hydrogen-bond acceptors (Lipinski definition) is 2. The minimum atomic E-state index is -0.341. The summed E-state index contributed by atoms with van der Waals surface area (Å²) in [5.74, 6) is 0.641. The average Bonchev–Trinajstić information content (AvgIpc) is 3.08. The van der Waals surface area contributed by atoms with Crippen molar-refractivity contribution < 1.29 is 9.18 Å². The fourth-order valence-electron chi connectivity index (χ4n) is 3.48. The molecule has 2 rings (SSSR count). The number of carbonyl (C=O) groups is 1. The van der Waals surface area contributed by atoms with Crippen LogP contribution in [0.25, 0.3) is 0 Å². The molecule has 0 spiro atoms.